The molecule has 7 heteroatoms. The zero-order valence-electron chi connectivity index (χ0n) is 10.7. The van der Waals surface area contributed by atoms with Crippen LogP contribution >= 0.6 is 0 Å². The summed E-state index contributed by atoms with van der Waals surface area (Å²) in [5.41, 5.74) is 13.5. The van der Waals surface area contributed by atoms with Crippen molar-refractivity contribution in [3.8, 4) is 28.8 Å². The highest BCUT2D eigenvalue weighted by Crippen LogP contribution is 2.39. The molecule has 2 heterocycles. The van der Waals surface area contributed by atoms with Crippen LogP contribution in [0.2, 0.25) is 0 Å². The lowest BCUT2D eigenvalue weighted by molar-refractivity contribution is 0.174. The second-order valence-electron chi connectivity index (χ2n) is 4.32. The molecular formula is C13H11N5O2. The molecule has 0 fully saturated rings. The van der Waals surface area contributed by atoms with Crippen LogP contribution < -0.4 is 20.9 Å². The van der Waals surface area contributed by atoms with Gasteiger partial charge < -0.3 is 20.9 Å². The third kappa shape index (κ3) is 1.75. The molecule has 1 aromatic carbocycles. The Balaban J connectivity index is 2.27. The van der Waals surface area contributed by atoms with E-state index in [1.165, 1.54) is 0 Å². The number of hydrogen-bond donors (Lipinski definition) is 2. The molecule has 0 aliphatic carbocycles. The van der Waals surface area contributed by atoms with Crippen molar-refractivity contribution >= 4 is 11.8 Å². The molecule has 4 N–H and O–H groups in total. The van der Waals surface area contributed by atoms with Crippen LogP contribution in [0, 0.1) is 18.3 Å². The van der Waals surface area contributed by atoms with E-state index in [4.69, 9.17) is 20.9 Å². The van der Waals surface area contributed by atoms with E-state index >= 15 is 0 Å². The molecule has 1 aromatic heterocycles. The van der Waals surface area contributed by atoms with Gasteiger partial charge in [0.25, 0.3) is 0 Å². The summed E-state index contributed by atoms with van der Waals surface area (Å²) in [6.07, 6.45) is 0. The monoisotopic (exact) mass is 269 g/mol. The maximum Gasteiger partial charge on any atom is 0.231 e. The SMILES string of the molecule is Cc1cc2c(cc1-c1nc(N)nc(N)c1C#N)OCO2. The quantitative estimate of drug-likeness (QED) is 0.798. The summed E-state index contributed by atoms with van der Waals surface area (Å²) >= 11 is 0. The molecular weight excluding hydrogens is 258 g/mol. The molecule has 20 heavy (non-hydrogen) atoms. The van der Waals surface area contributed by atoms with Gasteiger partial charge in [0.1, 0.15) is 17.5 Å². The molecule has 1 aliphatic rings. The summed E-state index contributed by atoms with van der Waals surface area (Å²) in [5, 5.41) is 9.23. The van der Waals surface area contributed by atoms with Crippen LogP contribution in [-0.4, -0.2) is 16.8 Å². The highest BCUT2D eigenvalue weighted by atomic mass is 16.7. The van der Waals surface area contributed by atoms with Crippen LogP contribution in [0.3, 0.4) is 0 Å². The molecule has 1 aliphatic heterocycles. The Hall–Kier alpha value is -3.01. The number of aromatic nitrogens is 2. The lowest BCUT2D eigenvalue weighted by Gasteiger charge is -2.10. The first kappa shape index (κ1) is 12.0. The van der Waals surface area contributed by atoms with Gasteiger partial charge in [-0.3, -0.25) is 0 Å². The number of fused-ring (bicyclic) bond motifs is 1. The Labute approximate surface area is 114 Å². The average Bonchev–Trinajstić information content (AvgIpc) is 2.84. The first-order valence-electron chi connectivity index (χ1n) is 5.84. The smallest absolute Gasteiger partial charge is 0.231 e. The van der Waals surface area contributed by atoms with Gasteiger partial charge in [-0.05, 0) is 24.6 Å². The van der Waals surface area contributed by atoms with Crippen molar-refractivity contribution in [3.63, 3.8) is 0 Å². The summed E-state index contributed by atoms with van der Waals surface area (Å²) in [4.78, 5) is 7.93. The number of rotatable bonds is 1. The lowest BCUT2D eigenvalue weighted by atomic mass is 10.0. The molecule has 0 bridgehead atoms. The standard InChI is InChI=1S/C13H11N5O2/c1-6-2-9-10(20-5-19-9)3-7(6)11-8(4-14)12(15)18-13(16)17-11/h2-3H,5H2,1H3,(H4,15,16,17,18). The van der Waals surface area contributed by atoms with Gasteiger partial charge in [0.15, 0.2) is 11.5 Å². The zero-order valence-corrected chi connectivity index (χ0v) is 10.7. The number of anilines is 2. The maximum absolute atomic E-state index is 9.23. The number of hydrogen-bond acceptors (Lipinski definition) is 7. The predicted octanol–water partition coefficient (Wildman–Crippen LogP) is 1.22. The Morgan fingerprint density at radius 2 is 1.90 bits per heavy atom. The molecule has 0 atom stereocenters. The molecule has 0 unspecified atom stereocenters. The third-order valence-corrected chi connectivity index (χ3v) is 3.04. The number of nitrogen functional groups attached to an aromatic ring is 2. The van der Waals surface area contributed by atoms with Crippen molar-refractivity contribution in [1.29, 1.82) is 5.26 Å². The molecule has 0 amide bonds. The Kier molecular flexibility index (Phi) is 2.57. The van der Waals surface area contributed by atoms with Gasteiger partial charge in [0, 0.05) is 5.56 Å². The largest absolute Gasteiger partial charge is 0.454 e. The van der Waals surface area contributed by atoms with Crippen LogP contribution in [0.4, 0.5) is 11.8 Å². The van der Waals surface area contributed by atoms with Gasteiger partial charge in [0.2, 0.25) is 12.7 Å². The summed E-state index contributed by atoms with van der Waals surface area (Å²) in [7, 11) is 0. The molecule has 3 rings (SSSR count). The zero-order chi connectivity index (χ0) is 14.3. The number of nitrogens with zero attached hydrogens (tertiary/aromatic N) is 3. The Morgan fingerprint density at radius 1 is 1.20 bits per heavy atom. The van der Waals surface area contributed by atoms with Gasteiger partial charge in [0.05, 0.1) is 5.69 Å². The fraction of sp³-hybridized carbons (Fsp3) is 0.154. The van der Waals surface area contributed by atoms with Gasteiger partial charge in [-0.15, -0.1) is 0 Å². The summed E-state index contributed by atoms with van der Waals surface area (Å²) in [6.45, 7) is 2.06. The Bertz CT molecular complexity index is 751. The fourth-order valence-corrected chi connectivity index (χ4v) is 2.10. The third-order valence-electron chi connectivity index (χ3n) is 3.04. The van der Waals surface area contributed by atoms with Crippen LogP contribution in [0.15, 0.2) is 12.1 Å². The number of aryl methyl sites for hydroxylation is 1. The number of nitriles is 1. The van der Waals surface area contributed by atoms with Gasteiger partial charge in [-0.2, -0.15) is 10.2 Å². The molecule has 0 spiro atoms. The van der Waals surface area contributed by atoms with E-state index in [9.17, 15) is 5.26 Å². The molecule has 0 saturated heterocycles. The second kappa shape index (κ2) is 4.28. The van der Waals surface area contributed by atoms with E-state index in [0.29, 0.717) is 22.8 Å². The first-order chi connectivity index (χ1) is 9.60. The number of ether oxygens (including phenoxy) is 2. The van der Waals surface area contributed by atoms with Gasteiger partial charge >= 0.3 is 0 Å². The minimum Gasteiger partial charge on any atom is -0.454 e. The van der Waals surface area contributed by atoms with Crippen LogP contribution in [0.5, 0.6) is 11.5 Å². The highest BCUT2D eigenvalue weighted by Gasteiger charge is 2.20. The van der Waals surface area contributed by atoms with Crippen molar-refractivity contribution in [1.82, 2.24) is 9.97 Å². The fourth-order valence-electron chi connectivity index (χ4n) is 2.10. The van der Waals surface area contributed by atoms with E-state index in [1.54, 1.807) is 6.07 Å². The van der Waals surface area contributed by atoms with Crippen molar-refractivity contribution in [2.45, 2.75) is 6.92 Å². The Morgan fingerprint density at radius 3 is 2.60 bits per heavy atom. The van der Waals surface area contributed by atoms with Crippen LogP contribution in [-0.2, 0) is 0 Å². The highest BCUT2D eigenvalue weighted by molar-refractivity contribution is 5.77. The van der Waals surface area contributed by atoms with E-state index in [-0.39, 0.29) is 24.1 Å². The lowest BCUT2D eigenvalue weighted by Crippen LogP contribution is -2.05. The number of benzene rings is 1. The van der Waals surface area contributed by atoms with Gasteiger partial charge in [-0.25, -0.2) is 4.98 Å². The minimum absolute atomic E-state index is 0.0218. The molecule has 7 nitrogen and oxygen atoms in total. The normalized spacial score (nSPS) is 12.2. The second-order valence-corrected chi connectivity index (χ2v) is 4.32. The summed E-state index contributed by atoms with van der Waals surface area (Å²) < 4.78 is 10.6. The summed E-state index contributed by atoms with van der Waals surface area (Å²) in [6, 6.07) is 5.60. The van der Waals surface area contributed by atoms with Crippen molar-refractivity contribution in [2.24, 2.45) is 0 Å². The van der Waals surface area contributed by atoms with Crippen LogP contribution in [0.25, 0.3) is 11.3 Å². The molecule has 100 valence electrons. The van der Waals surface area contributed by atoms with E-state index in [0.717, 1.165) is 5.56 Å². The van der Waals surface area contributed by atoms with E-state index in [2.05, 4.69) is 9.97 Å². The summed E-state index contributed by atoms with van der Waals surface area (Å²) in [5.74, 6) is 1.35. The number of nitrogens with two attached hydrogens (primary N) is 2. The van der Waals surface area contributed by atoms with Crippen molar-refractivity contribution < 1.29 is 9.47 Å². The molecule has 2 aromatic rings. The van der Waals surface area contributed by atoms with Crippen molar-refractivity contribution in [2.75, 3.05) is 18.3 Å². The van der Waals surface area contributed by atoms with Gasteiger partial charge in [-0.1, -0.05) is 0 Å². The average molecular weight is 269 g/mol. The van der Waals surface area contributed by atoms with E-state index < -0.39 is 0 Å². The molecule has 0 radical (unpaired) electrons. The molecule has 0 saturated carbocycles. The minimum atomic E-state index is 0.0218. The van der Waals surface area contributed by atoms with Crippen LogP contribution in [0.1, 0.15) is 11.1 Å². The first-order valence-corrected chi connectivity index (χ1v) is 5.84. The predicted molar refractivity (Wildman–Crippen MR) is 71.9 cm³/mol. The topological polar surface area (TPSA) is 120 Å². The van der Waals surface area contributed by atoms with E-state index in [1.807, 2.05) is 19.1 Å². The maximum atomic E-state index is 9.23. The van der Waals surface area contributed by atoms with Crippen molar-refractivity contribution in [3.05, 3.63) is 23.3 Å².